The summed E-state index contributed by atoms with van der Waals surface area (Å²) in [7, 11) is 0.624. The Morgan fingerprint density at radius 3 is 2.14 bits per heavy atom. The van der Waals surface area contributed by atoms with Gasteiger partial charge in [-0.05, 0) is 124 Å². The van der Waals surface area contributed by atoms with E-state index in [-0.39, 0.29) is 174 Å². The molecule has 6 amide bonds. The van der Waals surface area contributed by atoms with Crippen molar-refractivity contribution in [3.05, 3.63) is 130 Å². The van der Waals surface area contributed by atoms with Gasteiger partial charge in [0.2, 0.25) is 23.6 Å². The Morgan fingerprint density at radius 1 is 0.752 bits per heavy atom. The summed E-state index contributed by atoms with van der Waals surface area (Å²) >= 11 is 0. The van der Waals surface area contributed by atoms with E-state index >= 15 is 0 Å². The maximum absolute atomic E-state index is 13.7. The molecule has 2 saturated heterocycles. The molecule has 101 heavy (non-hydrogen) atoms. The van der Waals surface area contributed by atoms with Crippen LogP contribution in [0.3, 0.4) is 0 Å². The molecule has 3 aliphatic rings. The number of aryl methyl sites for hydroxylation is 5. The number of nitrogens with zero attached hydrogens (tertiary/aromatic N) is 7. The maximum Gasteiger partial charge on any atom is 0.279 e. The second kappa shape index (κ2) is 34.2. The number of imidazole rings is 1. The smallest absolute Gasteiger partial charge is 0.279 e. The van der Waals surface area contributed by atoms with Crippen molar-refractivity contribution in [3.8, 4) is 5.75 Å². The van der Waals surface area contributed by atoms with Crippen molar-refractivity contribution < 1.29 is 79.9 Å². The van der Waals surface area contributed by atoms with Crippen LogP contribution in [0.25, 0.3) is 10.9 Å². The van der Waals surface area contributed by atoms with Gasteiger partial charge in [-0.15, -0.1) is 0 Å². The van der Waals surface area contributed by atoms with Gasteiger partial charge in [0, 0.05) is 140 Å². The Labute approximate surface area is 587 Å². The fourth-order valence-electron chi connectivity index (χ4n) is 12.6. The Balaban J connectivity index is 0.000000309. The van der Waals surface area contributed by atoms with E-state index in [1.807, 2.05) is 38.5 Å². The summed E-state index contributed by atoms with van der Waals surface area (Å²) in [5.74, 6) is -1.80. The van der Waals surface area contributed by atoms with Gasteiger partial charge in [0.25, 0.3) is 17.7 Å². The fraction of sp³-hybridized carbons (Fsp3) is 0.479. The number of Topliss-reactive ketones (excluding diaryl/α,β-unsaturated/α-hetero) is 4. The summed E-state index contributed by atoms with van der Waals surface area (Å²) in [6, 6.07) is 12.2. The topological polar surface area (TPSA) is 348 Å². The van der Waals surface area contributed by atoms with Crippen LogP contribution >= 0.6 is 0 Å². The Morgan fingerprint density at radius 2 is 1.47 bits per heavy atom. The van der Waals surface area contributed by atoms with Crippen molar-refractivity contribution in [2.45, 2.75) is 143 Å². The number of imide groups is 1. The monoisotopic (exact) mass is 1410 g/mol. The van der Waals surface area contributed by atoms with E-state index < -0.39 is 33.4 Å². The molecular formula is C73H91N10O17S-. The molecule has 3 aliphatic heterocycles. The molecule has 4 aromatic heterocycles. The zero-order chi connectivity index (χ0) is 73.7. The zero-order valence-electron chi connectivity index (χ0n) is 59.0. The number of carbonyl (C=O) groups is 11. The van der Waals surface area contributed by atoms with Crippen LogP contribution in [0.1, 0.15) is 152 Å². The van der Waals surface area contributed by atoms with E-state index in [4.69, 9.17) is 14.2 Å². The first kappa shape index (κ1) is 77.2. The average Bonchev–Trinajstić information content (AvgIpc) is 1.63. The van der Waals surface area contributed by atoms with Gasteiger partial charge in [-0.3, -0.25) is 62.2 Å². The highest BCUT2D eigenvalue weighted by molar-refractivity contribution is 7.86. The number of benzene rings is 2. The fourth-order valence-corrected chi connectivity index (χ4v) is 13.6. The van der Waals surface area contributed by atoms with E-state index in [9.17, 15) is 65.7 Å². The zero-order valence-corrected chi connectivity index (χ0v) is 59.8. The molecule has 6 aromatic rings. The van der Waals surface area contributed by atoms with E-state index in [1.54, 1.807) is 111 Å². The van der Waals surface area contributed by atoms with Crippen LogP contribution in [0.4, 0.5) is 11.5 Å². The predicted molar refractivity (Wildman–Crippen MR) is 373 cm³/mol. The number of amides is 6. The molecule has 0 aliphatic carbocycles. The molecule has 2 aromatic carbocycles. The van der Waals surface area contributed by atoms with Crippen LogP contribution in [0, 0.1) is 31.6 Å². The molecule has 0 radical (unpaired) electrons. The van der Waals surface area contributed by atoms with Gasteiger partial charge >= 0.3 is 0 Å². The van der Waals surface area contributed by atoms with E-state index in [0.717, 1.165) is 22.3 Å². The van der Waals surface area contributed by atoms with Crippen molar-refractivity contribution in [1.29, 1.82) is 0 Å². The summed E-state index contributed by atoms with van der Waals surface area (Å²) in [4.78, 5) is 146. The van der Waals surface area contributed by atoms with Gasteiger partial charge in [0.15, 0.2) is 11.6 Å². The lowest BCUT2D eigenvalue weighted by Gasteiger charge is -2.30. The molecule has 542 valence electrons. The molecule has 5 atom stereocenters. The van der Waals surface area contributed by atoms with E-state index in [2.05, 4.69) is 27.5 Å². The quantitative estimate of drug-likeness (QED) is 0.0164. The Bertz CT molecular complexity index is 4270. The first-order valence-corrected chi connectivity index (χ1v) is 35.4. The van der Waals surface area contributed by atoms with Gasteiger partial charge in [0.1, 0.15) is 40.3 Å². The van der Waals surface area contributed by atoms with Gasteiger partial charge in [-0.1, -0.05) is 39.0 Å². The minimum atomic E-state index is -4.65. The van der Waals surface area contributed by atoms with Crippen molar-refractivity contribution in [2.75, 3.05) is 56.8 Å². The highest BCUT2D eigenvalue weighted by Crippen LogP contribution is 2.37. The third-order valence-electron chi connectivity index (χ3n) is 18.3. The number of rotatable bonds is 33. The average molecular weight is 1410 g/mol. The highest BCUT2D eigenvalue weighted by Gasteiger charge is 2.44. The molecule has 7 heterocycles. The van der Waals surface area contributed by atoms with Crippen LogP contribution in [0.5, 0.6) is 5.75 Å². The first-order valence-electron chi connectivity index (χ1n) is 33.9. The number of aromatic nitrogens is 5. The van der Waals surface area contributed by atoms with E-state index in [1.165, 1.54) is 21.3 Å². The number of nitrogens with one attached hydrogen (secondary N) is 3. The number of carbonyl (C=O) groups excluding carboxylic acids is 11. The standard InChI is InChI=1S/C49H62N6O11.C24H30N4O6S/c1-30(2)40(27-39(58)14-18-66-20-19-65-17-8-9-38(57)13-16-55-45(60)21-31(3)48(55)63)46(61)50-33(5)44(59)25-34-10-11-41-36(23-34)12-15-54(41)49(64)43-26-37(29-53(43)7)51-47(62)42-24-35(22-32(4)56)28-52(42)6;1-14-8-19-21(35(31,32)33)11-17-10-20(15(2)9-18(17)24(30)28(19)12-14)34-7-5-6-23(29)26-22-13-27(4)16(3)25-22/h10-12,15,23-24,26,28-31,33,40H,8-9,13-14,16-22,25,27H2,1-7H3,(H,50,61)(H,51,62);9-10,13,19,21H,1,5-8,11-12H2,2-4H3,(H,26,29)(H,31,32,33)/p-1/t31?,33-,40-;19-,21?/m00/s1. The Kier molecular flexibility index (Phi) is 26.2. The molecular weight excluding hydrogens is 1320 g/mol. The molecule has 0 saturated carbocycles. The number of ether oxygens (including phenoxy) is 3. The minimum absolute atomic E-state index is 0.0000182. The number of fused-ring (bicyclic) bond motifs is 3. The lowest BCUT2D eigenvalue weighted by molar-refractivity contribution is -0.139. The molecule has 3 N–H and O–H groups in total. The number of hydrogen-bond donors (Lipinski definition) is 3. The van der Waals surface area contributed by atoms with Crippen LogP contribution in [0.15, 0.2) is 85.5 Å². The number of hydrogen-bond acceptors (Lipinski definition) is 18. The highest BCUT2D eigenvalue weighted by atomic mass is 32.2. The third-order valence-corrected chi connectivity index (χ3v) is 19.5. The lowest BCUT2D eigenvalue weighted by atomic mass is 9.88. The molecule has 2 unspecified atom stereocenters. The van der Waals surface area contributed by atoms with E-state index in [0.29, 0.717) is 82.3 Å². The normalized spacial score (nSPS) is 16.5. The van der Waals surface area contributed by atoms with Crippen LogP contribution in [-0.2, 0) is 98.4 Å². The number of ketones is 4. The third kappa shape index (κ3) is 20.4. The molecule has 0 spiro atoms. The maximum atomic E-state index is 13.7. The molecule has 28 heteroatoms. The van der Waals surface area contributed by atoms with Gasteiger partial charge in [0.05, 0.1) is 65.1 Å². The van der Waals surface area contributed by atoms with Crippen molar-refractivity contribution >= 4 is 97.0 Å². The summed E-state index contributed by atoms with van der Waals surface area (Å²) in [5, 5.41) is 7.87. The number of likely N-dealkylation sites (tertiary alicyclic amines) is 1. The van der Waals surface area contributed by atoms with Crippen LogP contribution < -0.4 is 20.7 Å². The van der Waals surface area contributed by atoms with Crippen molar-refractivity contribution in [1.82, 2.24) is 38.4 Å². The number of anilines is 2. The van der Waals surface area contributed by atoms with Gasteiger partial charge < -0.3 is 53.3 Å². The first-order chi connectivity index (χ1) is 47.8. The van der Waals surface area contributed by atoms with Crippen LogP contribution in [0.2, 0.25) is 0 Å². The molecule has 2 fully saturated rings. The van der Waals surface area contributed by atoms with Crippen LogP contribution in [-0.4, -0.2) is 174 Å². The summed E-state index contributed by atoms with van der Waals surface area (Å²) in [5.41, 5.74) is 5.48. The largest absolute Gasteiger partial charge is 0.748 e. The van der Waals surface area contributed by atoms with Crippen molar-refractivity contribution in [3.63, 3.8) is 0 Å². The van der Waals surface area contributed by atoms with Gasteiger partial charge in [-0.25, -0.2) is 13.4 Å². The summed E-state index contributed by atoms with van der Waals surface area (Å²) in [6.07, 6.45) is 9.15. The van der Waals surface area contributed by atoms with Crippen molar-refractivity contribution in [2.24, 2.45) is 38.9 Å². The lowest BCUT2D eigenvalue weighted by Crippen LogP contribution is -2.44. The Hall–Kier alpha value is -9.51. The SMILES string of the molecule is C=C1C[C@H]2C(S(=O)(=O)[O-])Cc3cc(OCCCC(=O)Nc4cn(C)c(C)n4)c(C)cc3C(=O)N2C1.CC(=O)Cc1cc(C(=O)Nc2cc(C(=O)n3ccc4cc(CC(=O)[C@H](C)NC(=O)[C@@H](CC(=O)CCOCCOCCCC(=O)CCN5C(=O)CC(C)C5=O)C(C)C)ccc43)n(C)c2)n(C)c1. The van der Waals surface area contributed by atoms with Gasteiger partial charge in [-0.2, -0.15) is 0 Å². The molecule has 9 rings (SSSR count). The second-order valence-corrected chi connectivity index (χ2v) is 28.4. The summed E-state index contributed by atoms with van der Waals surface area (Å²) < 4.78 is 59.8. The minimum Gasteiger partial charge on any atom is -0.748 e. The molecule has 0 bridgehead atoms. The predicted octanol–water partition coefficient (Wildman–Crippen LogP) is 6.87. The second-order valence-electron chi connectivity index (χ2n) is 26.9. The summed E-state index contributed by atoms with van der Waals surface area (Å²) in [6.45, 7) is 17.7. The molecule has 27 nitrogen and oxygen atoms in total.